The highest BCUT2D eigenvalue weighted by Crippen LogP contribution is 2.37. The Bertz CT molecular complexity index is 1530. The minimum absolute atomic E-state index is 0.0425. The normalized spacial score (nSPS) is 12.8. The topological polar surface area (TPSA) is 0 Å². The van der Waals surface area contributed by atoms with Crippen molar-refractivity contribution >= 4 is 47.2 Å². The maximum absolute atomic E-state index is 13.7. The second-order valence-corrected chi connectivity index (χ2v) is 15.1. The van der Waals surface area contributed by atoms with Crippen LogP contribution < -0.4 is 15.9 Å². The molecule has 5 heteroatoms. The number of hydrogen-bond donors (Lipinski definition) is 0. The van der Waals surface area contributed by atoms with Gasteiger partial charge in [-0.2, -0.15) is 0 Å². The summed E-state index contributed by atoms with van der Waals surface area (Å²) < 4.78 is 27.5. The Labute approximate surface area is 271 Å². The van der Waals surface area contributed by atoms with Gasteiger partial charge < -0.3 is 0 Å². The zero-order valence-corrected chi connectivity index (χ0v) is 27.5. The molecule has 0 saturated carbocycles. The fourth-order valence-electron chi connectivity index (χ4n) is 5.61. The summed E-state index contributed by atoms with van der Waals surface area (Å²) in [6.45, 7) is 2.25. The van der Waals surface area contributed by atoms with E-state index in [1.54, 1.807) is 11.8 Å². The van der Waals surface area contributed by atoms with Gasteiger partial charge in [-0.15, -0.1) is 11.6 Å². The third-order valence-electron chi connectivity index (χ3n) is 7.87. The Kier molecular flexibility index (Phi) is 12.1. The molecule has 0 amide bonds. The Morgan fingerprint density at radius 3 is 1.80 bits per heavy atom. The van der Waals surface area contributed by atoms with Crippen LogP contribution in [0, 0.1) is 11.6 Å². The molecule has 0 aromatic heterocycles. The third kappa shape index (κ3) is 9.04. The van der Waals surface area contributed by atoms with Crippen molar-refractivity contribution in [3.63, 3.8) is 0 Å². The van der Waals surface area contributed by atoms with Gasteiger partial charge in [0, 0.05) is 15.2 Å². The van der Waals surface area contributed by atoms with Gasteiger partial charge in [-0.25, -0.2) is 8.78 Å². The van der Waals surface area contributed by atoms with Gasteiger partial charge in [-0.05, 0) is 103 Å². The maximum Gasteiger partial charge on any atom is 0.123 e. The van der Waals surface area contributed by atoms with Crippen molar-refractivity contribution in [3.8, 4) is 0 Å². The van der Waals surface area contributed by atoms with E-state index in [-0.39, 0.29) is 17.0 Å². The van der Waals surface area contributed by atoms with E-state index in [1.807, 2.05) is 24.3 Å². The minimum Gasteiger partial charge on any atom is -0.207 e. The van der Waals surface area contributed by atoms with Crippen LogP contribution in [0.1, 0.15) is 56.1 Å². The van der Waals surface area contributed by atoms with Gasteiger partial charge in [-0.1, -0.05) is 123 Å². The summed E-state index contributed by atoms with van der Waals surface area (Å²) in [4.78, 5) is 2.36. The minimum atomic E-state index is -0.954. The van der Waals surface area contributed by atoms with Crippen LogP contribution in [0.4, 0.5) is 8.78 Å². The van der Waals surface area contributed by atoms with Crippen LogP contribution in [-0.4, -0.2) is 5.38 Å². The van der Waals surface area contributed by atoms with Crippen LogP contribution in [0.2, 0.25) is 0 Å². The number of halogens is 3. The molecule has 0 bridgehead atoms. The Balaban J connectivity index is 1.31. The van der Waals surface area contributed by atoms with E-state index in [1.165, 1.54) is 66.0 Å². The Hall–Kier alpha value is -2.97. The molecule has 0 radical (unpaired) electrons. The number of rotatable bonds is 14. The highest BCUT2D eigenvalue weighted by atomic mass is 35.5. The van der Waals surface area contributed by atoms with Gasteiger partial charge >= 0.3 is 0 Å². The second-order valence-electron chi connectivity index (χ2n) is 11.1. The number of benzene rings is 5. The molecular weight excluding hydrogens is 605 g/mol. The fraction of sp³-hybridized carbons (Fsp3) is 0.231. The van der Waals surface area contributed by atoms with Crippen LogP contribution in [0.15, 0.2) is 137 Å². The van der Waals surface area contributed by atoms with Gasteiger partial charge in [0.15, 0.2) is 0 Å². The van der Waals surface area contributed by atoms with E-state index in [0.717, 1.165) is 33.7 Å². The van der Waals surface area contributed by atoms with Crippen molar-refractivity contribution in [2.45, 2.75) is 66.5 Å². The highest BCUT2D eigenvalue weighted by molar-refractivity contribution is 7.99. The second kappa shape index (κ2) is 16.4. The van der Waals surface area contributed by atoms with Crippen molar-refractivity contribution < 1.29 is 8.78 Å². The summed E-state index contributed by atoms with van der Waals surface area (Å²) in [5.74, 6) is -0.0614. The van der Waals surface area contributed by atoms with Crippen molar-refractivity contribution in [3.05, 3.63) is 150 Å². The van der Waals surface area contributed by atoms with Gasteiger partial charge in [0.25, 0.3) is 0 Å². The van der Waals surface area contributed by atoms with Crippen molar-refractivity contribution in [2.24, 2.45) is 0 Å². The standard InChI is InChI=1S/C39H38ClF2PS/c1-2-3-5-12-30(29-10-6-4-7-11-29)27-32(40)28-31-13-8-9-14-39(31)44-38-25-23-37(24-26-38)43(35-19-15-33(41)16-20-35)36-21-17-34(42)18-22-36/h4,6-11,13-26,30,32H,2-3,5,12,27-28H2,1H3. The molecule has 0 N–H and O–H groups in total. The summed E-state index contributed by atoms with van der Waals surface area (Å²) in [5.41, 5.74) is 2.65. The molecule has 0 aliphatic heterocycles. The summed E-state index contributed by atoms with van der Waals surface area (Å²) >= 11 is 8.84. The molecule has 44 heavy (non-hydrogen) atoms. The largest absolute Gasteiger partial charge is 0.207 e. The van der Waals surface area contributed by atoms with Gasteiger partial charge in [0.1, 0.15) is 11.6 Å². The monoisotopic (exact) mass is 642 g/mol. The molecular formula is C39H38ClF2PS. The van der Waals surface area contributed by atoms with Crippen LogP contribution in [0.25, 0.3) is 0 Å². The van der Waals surface area contributed by atoms with Gasteiger partial charge in [0.2, 0.25) is 0 Å². The van der Waals surface area contributed by atoms with Crippen LogP contribution in [-0.2, 0) is 6.42 Å². The number of alkyl halides is 1. The van der Waals surface area contributed by atoms with Crippen molar-refractivity contribution in [2.75, 3.05) is 0 Å². The number of hydrogen-bond acceptors (Lipinski definition) is 1. The molecule has 0 aliphatic rings. The third-order valence-corrected chi connectivity index (χ3v) is 11.8. The lowest BCUT2D eigenvalue weighted by atomic mass is 9.88. The maximum atomic E-state index is 13.7. The first-order valence-corrected chi connectivity index (χ1v) is 18.0. The Morgan fingerprint density at radius 2 is 1.20 bits per heavy atom. The molecule has 5 rings (SSSR count). The lowest BCUT2D eigenvalue weighted by molar-refractivity contribution is 0.521. The summed E-state index contributed by atoms with van der Waals surface area (Å²) in [6, 6.07) is 41.3. The Morgan fingerprint density at radius 1 is 0.659 bits per heavy atom. The van der Waals surface area contributed by atoms with Crippen LogP contribution in [0.5, 0.6) is 0 Å². The smallest absolute Gasteiger partial charge is 0.123 e. The molecule has 5 aromatic carbocycles. The predicted octanol–water partition coefficient (Wildman–Crippen LogP) is 10.8. The molecule has 0 spiro atoms. The molecule has 2 atom stereocenters. The fourth-order valence-corrected chi connectivity index (χ4v) is 9.18. The quantitative estimate of drug-likeness (QED) is 0.0660. The first-order chi connectivity index (χ1) is 21.5. The molecule has 226 valence electrons. The average molecular weight is 643 g/mol. The van der Waals surface area contributed by atoms with Crippen LogP contribution >= 0.6 is 31.3 Å². The first kappa shape index (κ1) is 32.4. The zero-order valence-electron chi connectivity index (χ0n) is 25.0. The van der Waals surface area contributed by atoms with E-state index in [4.69, 9.17) is 11.6 Å². The summed E-state index contributed by atoms with van der Waals surface area (Å²) in [7, 11) is -0.954. The average Bonchev–Trinajstić information content (AvgIpc) is 3.05. The van der Waals surface area contributed by atoms with Crippen molar-refractivity contribution in [1.82, 2.24) is 0 Å². The number of unbranched alkanes of at least 4 members (excludes halogenated alkanes) is 2. The van der Waals surface area contributed by atoms with E-state index >= 15 is 0 Å². The van der Waals surface area contributed by atoms with Crippen LogP contribution in [0.3, 0.4) is 0 Å². The highest BCUT2D eigenvalue weighted by Gasteiger charge is 2.20. The van der Waals surface area contributed by atoms with E-state index in [2.05, 4.69) is 85.8 Å². The van der Waals surface area contributed by atoms with E-state index < -0.39 is 7.92 Å². The van der Waals surface area contributed by atoms with Gasteiger partial charge in [-0.3, -0.25) is 0 Å². The molecule has 0 fully saturated rings. The summed E-state index contributed by atoms with van der Waals surface area (Å²) in [5, 5.41) is 3.22. The van der Waals surface area contributed by atoms with Gasteiger partial charge in [0.05, 0.1) is 0 Å². The lowest BCUT2D eigenvalue weighted by Crippen LogP contribution is -2.20. The lowest BCUT2D eigenvalue weighted by Gasteiger charge is -2.21. The molecule has 0 saturated heterocycles. The first-order valence-electron chi connectivity index (χ1n) is 15.4. The summed E-state index contributed by atoms with van der Waals surface area (Å²) in [6.07, 6.45) is 6.65. The predicted molar refractivity (Wildman–Crippen MR) is 187 cm³/mol. The molecule has 0 heterocycles. The SMILES string of the molecule is CCCCCC(CC(Cl)Cc1ccccc1Sc1ccc(P(c2ccc(F)cc2)c2ccc(F)cc2)cc1)c1ccccc1. The zero-order chi connectivity index (χ0) is 30.7. The molecule has 0 aliphatic carbocycles. The van der Waals surface area contributed by atoms with E-state index in [0.29, 0.717) is 5.92 Å². The molecule has 0 nitrogen and oxygen atoms in total. The molecule has 2 unspecified atom stereocenters. The van der Waals surface area contributed by atoms with Crippen molar-refractivity contribution in [1.29, 1.82) is 0 Å². The van der Waals surface area contributed by atoms with E-state index in [9.17, 15) is 8.78 Å². The molecule has 5 aromatic rings.